The van der Waals surface area contributed by atoms with E-state index in [2.05, 4.69) is 26.1 Å². The van der Waals surface area contributed by atoms with Gasteiger partial charge >= 0.3 is 0 Å². The second-order valence-corrected chi connectivity index (χ2v) is 6.63. The number of hydrogen-bond donors (Lipinski definition) is 1. The van der Waals surface area contributed by atoms with E-state index in [4.69, 9.17) is 0 Å². The topological polar surface area (TPSA) is 15.3 Å². The van der Waals surface area contributed by atoms with Crippen LogP contribution in [0.3, 0.4) is 0 Å². The molecule has 0 bridgehead atoms. The molecule has 1 heterocycles. The first-order valence-electron chi connectivity index (χ1n) is 7.19. The minimum absolute atomic E-state index is 0.0137. The molecular formula is C16H24F2N2. The van der Waals surface area contributed by atoms with Crippen LogP contribution in [0.25, 0.3) is 0 Å². The molecule has 0 spiro atoms. The molecule has 2 rings (SSSR count). The maximum atomic E-state index is 14.4. The normalized spacial score (nSPS) is 21.9. The number of hydrogen-bond acceptors (Lipinski definition) is 2. The van der Waals surface area contributed by atoms with Crippen LogP contribution in [0.2, 0.25) is 0 Å². The first kappa shape index (κ1) is 15.4. The van der Waals surface area contributed by atoms with E-state index in [-0.39, 0.29) is 23.6 Å². The van der Waals surface area contributed by atoms with E-state index < -0.39 is 5.92 Å². The molecule has 112 valence electrons. The summed E-state index contributed by atoms with van der Waals surface area (Å²) < 4.78 is 28.9. The van der Waals surface area contributed by atoms with E-state index in [1.54, 1.807) is 18.2 Å². The molecule has 0 amide bonds. The molecule has 1 unspecified atom stereocenters. The Morgan fingerprint density at radius 1 is 1.20 bits per heavy atom. The van der Waals surface area contributed by atoms with Gasteiger partial charge in [0.2, 0.25) is 0 Å². The van der Waals surface area contributed by atoms with Crippen molar-refractivity contribution < 1.29 is 8.78 Å². The molecule has 1 aliphatic rings. The summed E-state index contributed by atoms with van der Waals surface area (Å²) in [5.41, 5.74) is 0.0893. The number of alkyl halides is 2. The number of nitrogens with one attached hydrogen (secondary N) is 1. The van der Waals surface area contributed by atoms with Crippen molar-refractivity contribution in [2.45, 2.75) is 32.7 Å². The minimum Gasteiger partial charge on any atom is -0.314 e. The largest absolute Gasteiger partial charge is 0.314 e. The van der Waals surface area contributed by atoms with E-state index in [9.17, 15) is 8.78 Å². The van der Waals surface area contributed by atoms with Crippen molar-refractivity contribution in [3.8, 4) is 0 Å². The SMILES string of the molecule is CC(C)(C)C1CNCCN1CC(F)(F)c1ccccc1. The molecule has 1 atom stereocenters. The number of benzene rings is 1. The second kappa shape index (κ2) is 5.78. The van der Waals surface area contributed by atoms with Gasteiger partial charge in [0.25, 0.3) is 5.92 Å². The van der Waals surface area contributed by atoms with Gasteiger partial charge in [-0.1, -0.05) is 51.1 Å². The third kappa shape index (κ3) is 3.55. The Kier molecular flexibility index (Phi) is 4.45. The zero-order valence-electron chi connectivity index (χ0n) is 12.5. The first-order valence-corrected chi connectivity index (χ1v) is 7.19. The van der Waals surface area contributed by atoms with Gasteiger partial charge in [-0.2, -0.15) is 8.78 Å². The van der Waals surface area contributed by atoms with Crippen molar-refractivity contribution in [1.29, 1.82) is 0 Å². The molecule has 4 heteroatoms. The lowest BCUT2D eigenvalue weighted by Gasteiger charge is -2.44. The lowest BCUT2D eigenvalue weighted by Crippen LogP contribution is -2.58. The Balaban J connectivity index is 2.14. The van der Waals surface area contributed by atoms with Crippen molar-refractivity contribution in [3.05, 3.63) is 35.9 Å². The average molecular weight is 282 g/mol. The van der Waals surface area contributed by atoms with Crippen LogP contribution in [0.15, 0.2) is 30.3 Å². The first-order chi connectivity index (χ1) is 9.31. The summed E-state index contributed by atoms with van der Waals surface area (Å²) in [7, 11) is 0. The molecule has 1 aromatic rings. The molecule has 0 aliphatic carbocycles. The van der Waals surface area contributed by atoms with Gasteiger partial charge < -0.3 is 5.32 Å². The predicted molar refractivity (Wildman–Crippen MR) is 78.0 cm³/mol. The van der Waals surface area contributed by atoms with Crippen molar-refractivity contribution in [3.63, 3.8) is 0 Å². The van der Waals surface area contributed by atoms with E-state index in [1.165, 1.54) is 12.1 Å². The highest BCUT2D eigenvalue weighted by Crippen LogP contribution is 2.33. The molecule has 20 heavy (non-hydrogen) atoms. The van der Waals surface area contributed by atoms with Crippen LogP contribution in [0.5, 0.6) is 0 Å². The lowest BCUT2D eigenvalue weighted by atomic mass is 9.84. The zero-order chi connectivity index (χ0) is 14.8. The Hall–Kier alpha value is -1.00. The highest BCUT2D eigenvalue weighted by Gasteiger charge is 2.40. The molecule has 0 aromatic heterocycles. The monoisotopic (exact) mass is 282 g/mol. The summed E-state index contributed by atoms with van der Waals surface area (Å²) in [6, 6.07) is 8.25. The fourth-order valence-electron chi connectivity index (χ4n) is 2.82. The van der Waals surface area contributed by atoms with Crippen molar-refractivity contribution in [2.24, 2.45) is 5.41 Å². The Bertz CT molecular complexity index is 426. The van der Waals surface area contributed by atoms with E-state index in [0.717, 1.165) is 13.1 Å². The highest BCUT2D eigenvalue weighted by molar-refractivity contribution is 5.20. The summed E-state index contributed by atoms with van der Waals surface area (Å²) in [5, 5.41) is 3.31. The van der Waals surface area contributed by atoms with Crippen LogP contribution in [0, 0.1) is 5.41 Å². The van der Waals surface area contributed by atoms with Crippen LogP contribution in [0.4, 0.5) is 8.78 Å². The lowest BCUT2D eigenvalue weighted by molar-refractivity contribution is -0.0654. The van der Waals surface area contributed by atoms with Crippen LogP contribution >= 0.6 is 0 Å². The van der Waals surface area contributed by atoms with E-state index in [1.807, 2.05) is 4.90 Å². The van der Waals surface area contributed by atoms with Crippen LogP contribution in [-0.2, 0) is 5.92 Å². The number of nitrogens with zero attached hydrogens (tertiary/aromatic N) is 1. The molecule has 1 aromatic carbocycles. The highest BCUT2D eigenvalue weighted by atomic mass is 19.3. The molecule has 2 nitrogen and oxygen atoms in total. The summed E-state index contributed by atoms with van der Waals surface area (Å²) in [4.78, 5) is 1.93. The molecule has 1 saturated heterocycles. The molecule has 0 radical (unpaired) electrons. The van der Waals surface area contributed by atoms with Crippen LogP contribution in [0.1, 0.15) is 26.3 Å². The molecule has 0 saturated carbocycles. The van der Waals surface area contributed by atoms with Crippen molar-refractivity contribution in [1.82, 2.24) is 10.2 Å². The van der Waals surface area contributed by atoms with Gasteiger partial charge in [0.1, 0.15) is 0 Å². The van der Waals surface area contributed by atoms with Gasteiger partial charge in [0.05, 0.1) is 6.54 Å². The second-order valence-electron chi connectivity index (χ2n) is 6.63. The molecular weight excluding hydrogens is 258 g/mol. The summed E-state index contributed by atoms with van der Waals surface area (Å²) in [5.74, 6) is -2.80. The zero-order valence-corrected chi connectivity index (χ0v) is 12.5. The molecule has 1 aliphatic heterocycles. The summed E-state index contributed by atoms with van der Waals surface area (Å²) in [6.45, 7) is 8.34. The van der Waals surface area contributed by atoms with E-state index in [0.29, 0.717) is 6.54 Å². The van der Waals surface area contributed by atoms with Gasteiger partial charge in [-0.15, -0.1) is 0 Å². The maximum absolute atomic E-state index is 14.4. The molecule has 1 N–H and O–H groups in total. The number of halogens is 2. The van der Waals surface area contributed by atoms with Gasteiger partial charge in [-0.25, -0.2) is 0 Å². The van der Waals surface area contributed by atoms with Gasteiger partial charge in [0, 0.05) is 31.2 Å². The number of piperazine rings is 1. The summed E-state index contributed by atoms with van der Waals surface area (Å²) >= 11 is 0. The minimum atomic E-state index is -2.80. The third-order valence-corrected chi connectivity index (χ3v) is 3.95. The Morgan fingerprint density at radius 3 is 2.45 bits per heavy atom. The quantitative estimate of drug-likeness (QED) is 0.916. The molecule has 1 fully saturated rings. The smallest absolute Gasteiger partial charge is 0.285 e. The van der Waals surface area contributed by atoms with Gasteiger partial charge in [-0.3, -0.25) is 4.90 Å². The number of rotatable bonds is 3. The van der Waals surface area contributed by atoms with Crippen molar-refractivity contribution >= 4 is 0 Å². The van der Waals surface area contributed by atoms with Crippen LogP contribution in [-0.4, -0.2) is 37.1 Å². The van der Waals surface area contributed by atoms with Crippen LogP contribution < -0.4 is 5.32 Å². The standard InChI is InChI=1S/C16H24F2N2/c1-15(2,3)14-11-19-9-10-20(14)12-16(17,18)13-7-5-4-6-8-13/h4-8,14,19H,9-12H2,1-3H3. The fourth-order valence-corrected chi connectivity index (χ4v) is 2.82. The van der Waals surface area contributed by atoms with Crippen molar-refractivity contribution in [2.75, 3.05) is 26.2 Å². The maximum Gasteiger partial charge on any atom is 0.285 e. The van der Waals surface area contributed by atoms with E-state index >= 15 is 0 Å². The van der Waals surface area contributed by atoms with Gasteiger partial charge in [-0.05, 0) is 5.41 Å². The Morgan fingerprint density at radius 2 is 1.85 bits per heavy atom. The predicted octanol–water partition coefficient (Wildman–Crippen LogP) is 3.10. The average Bonchev–Trinajstić information content (AvgIpc) is 2.39. The Labute approximate surface area is 120 Å². The van der Waals surface area contributed by atoms with Gasteiger partial charge in [0.15, 0.2) is 0 Å². The fraction of sp³-hybridized carbons (Fsp3) is 0.625. The summed E-state index contributed by atoms with van der Waals surface area (Å²) in [6.07, 6.45) is 0. The third-order valence-electron chi connectivity index (χ3n) is 3.95.